The third kappa shape index (κ3) is 4.85. The van der Waals surface area contributed by atoms with Crippen molar-refractivity contribution in [3.05, 3.63) is 0 Å². The predicted molar refractivity (Wildman–Crippen MR) is 122 cm³/mol. The molecule has 7 heteroatoms. The van der Waals surface area contributed by atoms with Gasteiger partial charge in [0, 0.05) is 24.7 Å². The first-order valence-corrected chi connectivity index (χ1v) is 13.2. The van der Waals surface area contributed by atoms with Gasteiger partial charge in [0.15, 0.2) is 0 Å². The van der Waals surface area contributed by atoms with Crippen LogP contribution in [0.2, 0.25) is 0 Å². The van der Waals surface area contributed by atoms with Gasteiger partial charge in [0.25, 0.3) is 0 Å². The molecule has 8 unspecified atom stereocenters. The van der Waals surface area contributed by atoms with Crippen LogP contribution in [-0.2, 0) is 14.4 Å². The first-order chi connectivity index (χ1) is 15.5. The van der Waals surface area contributed by atoms with E-state index in [2.05, 4.69) is 35.3 Å². The van der Waals surface area contributed by atoms with E-state index in [-0.39, 0.29) is 42.0 Å². The SMILES string of the molecule is CC1CC(C(=O)NC2CCC2)CNC1C(NC(=O)C1CC2CCCC(C)C2ON1)C1CC1. The second kappa shape index (κ2) is 9.59. The molecule has 2 amide bonds. The van der Waals surface area contributed by atoms with Gasteiger partial charge in [-0.05, 0) is 81.5 Å². The summed E-state index contributed by atoms with van der Waals surface area (Å²) in [5, 5.41) is 10.3. The number of fused-ring (bicyclic) bond motifs is 1. The van der Waals surface area contributed by atoms with E-state index in [4.69, 9.17) is 4.84 Å². The van der Waals surface area contributed by atoms with Crippen molar-refractivity contribution in [2.45, 2.75) is 108 Å². The fraction of sp³-hybridized carbons (Fsp3) is 0.920. The molecule has 0 aromatic heterocycles. The van der Waals surface area contributed by atoms with Crippen LogP contribution in [-0.4, -0.2) is 48.6 Å². The minimum absolute atomic E-state index is 0.0380. The maximum Gasteiger partial charge on any atom is 0.239 e. The van der Waals surface area contributed by atoms with Crippen molar-refractivity contribution in [1.82, 2.24) is 21.4 Å². The summed E-state index contributed by atoms with van der Waals surface area (Å²) in [5.74, 6) is 2.27. The average Bonchev–Trinajstić information content (AvgIpc) is 3.60. The van der Waals surface area contributed by atoms with Gasteiger partial charge in [-0.15, -0.1) is 0 Å². The van der Waals surface area contributed by atoms with Crippen molar-refractivity contribution in [2.75, 3.05) is 6.54 Å². The number of carbonyl (C=O) groups excluding carboxylic acids is 2. The highest BCUT2D eigenvalue weighted by Gasteiger charge is 2.45. The third-order valence-corrected chi connectivity index (χ3v) is 8.98. The maximum atomic E-state index is 13.2. The second-order valence-electron chi connectivity index (χ2n) is 11.5. The van der Waals surface area contributed by atoms with Gasteiger partial charge in [-0.3, -0.25) is 14.4 Å². The van der Waals surface area contributed by atoms with Crippen LogP contribution in [0.1, 0.15) is 78.1 Å². The molecule has 5 aliphatic rings. The Hall–Kier alpha value is -1.18. The zero-order chi connectivity index (χ0) is 22.2. The van der Waals surface area contributed by atoms with Crippen LogP contribution in [0.25, 0.3) is 0 Å². The number of nitrogens with one attached hydrogen (secondary N) is 4. The highest BCUT2D eigenvalue weighted by molar-refractivity contribution is 5.82. The van der Waals surface area contributed by atoms with E-state index < -0.39 is 0 Å². The van der Waals surface area contributed by atoms with Gasteiger partial charge in [-0.25, -0.2) is 0 Å². The van der Waals surface area contributed by atoms with Crippen LogP contribution >= 0.6 is 0 Å². The first-order valence-electron chi connectivity index (χ1n) is 13.2. The molecule has 0 radical (unpaired) electrons. The number of carbonyl (C=O) groups is 2. The molecular weight excluding hydrogens is 404 g/mol. The summed E-state index contributed by atoms with van der Waals surface area (Å²) in [6.07, 6.45) is 11.5. The van der Waals surface area contributed by atoms with E-state index >= 15 is 0 Å². The summed E-state index contributed by atoms with van der Waals surface area (Å²) in [6, 6.07) is 0.498. The van der Waals surface area contributed by atoms with Gasteiger partial charge < -0.3 is 16.0 Å². The Bertz CT molecular complexity index is 695. The van der Waals surface area contributed by atoms with E-state index in [1.807, 2.05) is 0 Å². The minimum atomic E-state index is -0.261. The molecule has 0 spiro atoms. The standard InChI is InChI=1S/C25H42N4O3/c1-14-5-3-6-17-12-20(29-32-23(14)17)25(31)28-22(16-9-10-16)21-15(2)11-18(13-26-21)24(30)27-19-7-4-8-19/h14-23,26,29H,3-13H2,1-2H3,(H,27,30)(H,28,31). The van der Waals surface area contributed by atoms with Crippen molar-refractivity contribution in [3.63, 3.8) is 0 Å². The topological polar surface area (TPSA) is 91.5 Å². The van der Waals surface area contributed by atoms with Crippen LogP contribution in [0, 0.1) is 29.6 Å². The van der Waals surface area contributed by atoms with Gasteiger partial charge in [0.05, 0.1) is 12.0 Å². The lowest BCUT2D eigenvalue weighted by Crippen LogP contribution is -2.62. The van der Waals surface area contributed by atoms with Crippen LogP contribution in [0.4, 0.5) is 0 Å². The number of amides is 2. The molecular formula is C25H42N4O3. The molecule has 180 valence electrons. The Morgan fingerprint density at radius 2 is 1.72 bits per heavy atom. The predicted octanol–water partition coefficient (Wildman–Crippen LogP) is 2.26. The Balaban J connectivity index is 1.15. The lowest BCUT2D eigenvalue weighted by atomic mass is 9.76. The van der Waals surface area contributed by atoms with Crippen LogP contribution in [0.5, 0.6) is 0 Å². The molecule has 8 atom stereocenters. The van der Waals surface area contributed by atoms with Crippen LogP contribution < -0.4 is 21.4 Å². The molecule has 0 aromatic rings. The van der Waals surface area contributed by atoms with Crippen molar-refractivity contribution in [3.8, 4) is 0 Å². The van der Waals surface area contributed by atoms with Crippen molar-refractivity contribution < 1.29 is 14.4 Å². The zero-order valence-corrected chi connectivity index (χ0v) is 19.8. The minimum Gasteiger partial charge on any atom is -0.353 e. The Morgan fingerprint density at radius 1 is 0.938 bits per heavy atom. The lowest BCUT2D eigenvalue weighted by Gasteiger charge is -2.43. The molecule has 4 N–H and O–H groups in total. The Kier molecular flexibility index (Phi) is 6.77. The quantitative estimate of drug-likeness (QED) is 0.502. The molecule has 3 aliphatic carbocycles. The summed E-state index contributed by atoms with van der Waals surface area (Å²) >= 11 is 0. The van der Waals surface area contributed by atoms with E-state index in [0.717, 1.165) is 32.1 Å². The smallest absolute Gasteiger partial charge is 0.239 e. The number of rotatable bonds is 6. The Labute approximate surface area is 192 Å². The maximum absolute atomic E-state index is 13.2. The fourth-order valence-electron chi connectivity index (χ4n) is 6.56. The van der Waals surface area contributed by atoms with E-state index in [9.17, 15) is 9.59 Å². The molecule has 2 saturated heterocycles. The normalized spacial score (nSPS) is 41.1. The molecule has 32 heavy (non-hydrogen) atoms. The van der Waals surface area contributed by atoms with Crippen LogP contribution in [0.15, 0.2) is 0 Å². The van der Waals surface area contributed by atoms with E-state index in [1.165, 1.54) is 32.1 Å². The van der Waals surface area contributed by atoms with Gasteiger partial charge in [0.1, 0.15) is 6.04 Å². The number of hydroxylamine groups is 1. The van der Waals surface area contributed by atoms with Crippen molar-refractivity contribution >= 4 is 11.8 Å². The van der Waals surface area contributed by atoms with E-state index in [0.29, 0.717) is 36.3 Å². The summed E-state index contributed by atoms with van der Waals surface area (Å²) in [6.45, 7) is 5.20. The van der Waals surface area contributed by atoms with Gasteiger partial charge in [0.2, 0.25) is 11.8 Å². The summed E-state index contributed by atoms with van der Waals surface area (Å²) in [5.41, 5.74) is 3.09. The highest BCUT2D eigenvalue weighted by Crippen LogP contribution is 2.39. The van der Waals surface area contributed by atoms with Crippen LogP contribution in [0.3, 0.4) is 0 Å². The highest BCUT2D eigenvalue weighted by atomic mass is 16.7. The van der Waals surface area contributed by atoms with E-state index in [1.54, 1.807) is 0 Å². The number of hydrogen-bond donors (Lipinski definition) is 4. The van der Waals surface area contributed by atoms with Crippen molar-refractivity contribution in [2.24, 2.45) is 29.6 Å². The van der Waals surface area contributed by atoms with Crippen molar-refractivity contribution in [1.29, 1.82) is 0 Å². The number of hydrogen-bond acceptors (Lipinski definition) is 5. The summed E-state index contributed by atoms with van der Waals surface area (Å²) in [7, 11) is 0. The average molecular weight is 447 g/mol. The van der Waals surface area contributed by atoms with Gasteiger partial charge in [-0.2, -0.15) is 5.48 Å². The molecule has 2 heterocycles. The summed E-state index contributed by atoms with van der Waals surface area (Å²) in [4.78, 5) is 31.9. The summed E-state index contributed by atoms with van der Waals surface area (Å²) < 4.78 is 0. The molecule has 0 aromatic carbocycles. The second-order valence-corrected chi connectivity index (χ2v) is 11.5. The van der Waals surface area contributed by atoms with Gasteiger partial charge >= 0.3 is 0 Å². The molecule has 0 bridgehead atoms. The molecule has 3 saturated carbocycles. The third-order valence-electron chi connectivity index (χ3n) is 8.98. The zero-order valence-electron chi connectivity index (χ0n) is 19.8. The lowest BCUT2D eigenvalue weighted by molar-refractivity contribution is -0.161. The fourth-order valence-corrected chi connectivity index (χ4v) is 6.56. The Morgan fingerprint density at radius 3 is 2.41 bits per heavy atom. The number of piperidine rings is 1. The van der Waals surface area contributed by atoms with Gasteiger partial charge in [-0.1, -0.05) is 20.3 Å². The molecule has 7 nitrogen and oxygen atoms in total. The molecule has 2 aliphatic heterocycles. The molecule has 5 fully saturated rings. The monoisotopic (exact) mass is 446 g/mol. The largest absolute Gasteiger partial charge is 0.353 e. The molecule has 5 rings (SSSR count). The first kappa shape index (κ1) is 22.6.